The van der Waals surface area contributed by atoms with Crippen LogP contribution in [0.1, 0.15) is 18.4 Å². The number of carbonyl (C=O) groups is 1. The van der Waals surface area contributed by atoms with E-state index < -0.39 is 0 Å². The van der Waals surface area contributed by atoms with E-state index in [1.165, 1.54) is 0 Å². The molecule has 0 unspecified atom stereocenters. The lowest BCUT2D eigenvalue weighted by Crippen LogP contribution is -2.17. The van der Waals surface area contributed by atoms with Crippen LogP contribution in [0.25, 0.3) is 0 Å². The van der Waals surface area contributed by atoms with Gasteiger partial charge in [0.05, 0.1) is 19.3 Å². The van der Waals surface area contributed by atoms with Crippen LogP contribution in [0.3, 0.4) is 0 Å². The molecule has 0 bridgehead atoms. The smallest absolute Gasteiger partial charge is 0.164 e. The second kappa shape index (κ2) is 6.47. The van der Waals surface area contributed by atoms with Gasteiger partial charge in [0.15, 0.2) is 5.78 Å². The fourth-order valence-corrected chi connectivity index (χ4v) is 2.03. The van der Waals surface area contributed by atoms with Gasteiger partial charge in [0, 0.05) is 6.42 Å². The highest BCUT2D eigenvalue weighted by molar-refractivity contribution is 5.85. The molecule has 0 N–H and O–H groups in total. The first-order chi connectivity index (χ1) is 8.79. The van der Waals surface area contributed by atoms with Gasteiger partial charge in [-0.1, -0.05) is 36.4 Å². The Kier molecular flexibility index (Phi) is 4.67. The van der Waals surface area contributed by atoms with Crippen molar-refractivity contribution in [3.63, 3.8) is 0 Å². The fourth-order valence-electron chi connectivity index (χ4n) is 2.03. The largest absolute Gasteiger partial charge is 0.374 e. The number of ketones is 1. The lowest BCUT2D eigenvalue weighted by molar-refractivity contribution is -0.122. The van der Waals surface area contributed by atoms with Crippen LogP contribution in [0.2, 0.25) is 0 Å². The predicted octanol–water partition coefficient (Wildman–Crippen LogP) is 2.51. The van der Waals surface area contributed by atoms with E-state index in [1.807, 2.05) is 30.3 Å². The van der Waals surface area contributed by atoms with E-state index >= 15 is 0 Å². The molecule has 1 aliphatic heterocycles. The van der Waals surface area contributed by atoms with Gasteiger partial charge in [-0.25, -0.2) is 0 Å². The standard InChI is InChI=1S/C15H18O3/c1-2-6-15-14(16)9-13(18-15)11-17-10-12-7-4-3-5-8-12/h2-5,7-8,13,15H,1,6,9-11H2/t13-,15-/m1/s1. The van der Waals surface area contributed by atoms with E-state index in [1.54, 1.807) is 6.08 Å². The minimum atomic E-state index is -0.312. The Balaban J connectivity index is 1.72. The van der Waals surface area contributed by atoms with Crippen molar-refractivity contribution < 1.29 is 14.3 Å². The average Bonchev–Trinajstić information content (AvgIpc) is 2.72. The van der Waals surface area contributed by atoms with Crippen molar-refractivity contribution in [2.24, 2.45) is 0 Å². The zero-order valence-corrected chi connectivity index (χ0v) is 10.4. The number of ether oxygens (including phenoxy) is 2. The summed E-state index contributed by atoms with van der Waals surface area (Å²) < 4.78 is 11.2. The molecule has 0 amide bonds. The third kappa shape index (κ3) is 3.52. The molecule has 96 valence electrons. The average molecular weight is 246 g/mol. The number of rotatable bonds is 6. The van der Waals surface area contributed by atoms with Crippen LogP contribution in [0, 0.1) is 0 Å². The van der Waals surface area contributed by atoms with Crippen LogP contribution >= 0.6 is 0 Å². The monoisotopic (exact) mass is 246 g/mol. The SMILES string of the molecule is C=CC[C@H]1O[C@@H](COCc2ccccc2)CC1=O. The Morgan fingerprint density at radius 2 is 2.17 bits per heavy atom. The molecule has 1 aromatic rings. The number of Topliss-reactive ketones (excluding diaryl/α,β-unsaturated/α-hetero) is 1. The lowest BCUT2D eigenvalue weighted by Gasteiger charge is -2.11. The van der Waals surface area contributed by atoms with E-state index in [4.69, 9.17) is 9.47 Å². The molecule has 0 spiro atoms. The van der Waals surface area contributed by atoms with Crippen molar-refractivity contribution in [3.8, 4) is 0 Å². The van der Waals surface area contributed by atoms with Crippen molar-refractivity contribution >= 4 is 5.78 Å². The Bertz CT molecular complexity index is 399. The predicted molar refractivity (Wildman–Crippen MR) is 69.2 cm³/mol. The maximum atomic E-state index is 11.6. The van der Waals surface area contributed by atoms with Crippen LogP contribution < -0.4 is 0 Å². The second-order valence-electron chi connectivity index (χ2n) is 4.44. The zero-order chi connectivity index (χ0) is 12.8. The third-order valence-electron chi connectivity index (χ3n) is 2.94. The van der Waals surface area contributed by atoms with E-state index in [2.05, 4.69) is 6.58 Å². The zero-order valence-electron chi connectivity index (χ0n) is 10.4. The molecule has 0 aromatic heterocycles. The first-order valence-electron chi connectivity index (χ1n) is 6.20. The summed E-state index contributed by atoms with van der Waals surface area (Å²) in [6.07, 6.45) is 2.34. The highest BCUT2D eigenvalue weighted by Crippen LogP contribution is 2.19. The summed E-state index contributed by atoms with van der Waals surface area (Å²) in [6.45, 7) is 4.65. The van der Waals surface area contributed by atoms with Crippen molar-refractivity contribution in [2.45, 2.75) is 31.7 Å². The summed E-state index contributed by atoms with van der Waals surface area (Å²) in [5, 5.41) is 0. The van der Waals surface area contributed by atoms with Crippen LogP contribution in [0.15, 0.2) is 43.0 Å². The van der Waals surface area contributed by atoms with Crippen LogP contribution in [0.4, 0.5) is 0 Å². The van der Waals surface area contributed by atoms with Crippen LogP contribution in [-0.4, -0.2) is 24.6 Å². The van der Waals surface area contributed by atoms with E-state index in [9.17, 15) is 4.79 Å². The summed E-state index contributed by atoms with van der Waals surface area (Å²) in [7, 11) is 0. The van der Waals surface area contributed by atoms with Crippen LogP contribution in [0.5, 0.6) is 0 Å². The number of benzene rings is 1. The Morgan fingerprint density at radius 3 is 2.89 bits per heavy atom. The maximum absolute atomic E-state index is 11.6. The summed E-state index contributed by atoms with van der Waals surface area (Å²) in [6, 6.07) is 9.97. The molecule has 2 rings (SSSR count). The summed E-state index contributed by atoms with van der Waals surface area (Å²) in [4.78, 5) is 11.6. The molecular formula is C15H18O3. The van der Waals surface area contributed by atoms with Gasteiger partial charge in [-0.05, 0) is 12.0 Å². The molecule has 3 heteroatoms. The fraction of sp³-hybridized carbons (Fsp3) is 0.400. The topological polar surface area (TPSA) is 35.5 Å². The summed E-state index contributed by atoms with van der Waals surface area (Å²) in [5.74, 6) is 0.156. The number of hydrogen-bond donors (Lipinski definition) is 0. The summed E-state index contributed by atoms with van der Waals surface area (Å²) >= 11 is 0. The molecule has 1 aliphatic rings. The summed E-state index contributed by atoms with van der Waals surface area (Å²) in [5.41, 5.74) is 1.13. The highest BCUT2D eigenvalue weighted by Gasteiger charge is 2.32. The van der Waals surface area contributed by atoms with Gasteiger partial charge in [0.25, 0.3) is 0 Å². The first-order valence-corrected chi connectivity index (χ1v) is 6.20. The minimum absolute atomic E-state index is 0.105. The van der Waals surface area contributed by atoms with E-state index in [-0.39, 0.29) is 18.0 Å². The Hall–Kier alpha value is -1.45. The molecule has 0 aliphatic carbocycles. The Morgan fingerprint density at radius 1 is 1.39 bits per heavy atom. The Labute approximate surface area is 107 Å². The second-order valence-corrected chi connectivity index (χ2v) is 4.44. The van der Waals surface area contributed by atoms with Gasteiger partial charge in [0.2, 0.25) is 0 Å². The van der Waals surface area contributed by atoms with Crippen molar-refractivity contribution in [1.29, 1.82) is 0 Å². The van der Waals surface area contributed by atoms with Crippen LogP contribution in [-0.2, 0) is 20.9 Å². The molecule has 0 saturated carbocycles. The van der Waals surface area contributed by atoms with Gasteiger partial charge in [-0.3, -0.25) is 4.79 Å². The molecule has 3 nitrogen and oxygen atoms in total. The molecule has 1 fully saturated rings. The number of carbonyl (C=O) groups excluding carboxylic acids is 1. The molecule has 1 heterocycles. The van der Waals surface area contributed by atoms with Gasteiger partial charge in [-0.15, -0.1) is 6.58 Å². The first kappa shape index (κ1) is 13.0. The highest BCUT2D eigenvalue weighted by atomic mass is 16.5. The van der Waals surface area contributed by atoms with Gasteiger partial charge in [-0.2, -0.15) is 0 Å². The quantitative estimate of drug-likeness (QED) is 0.723. The minimum Gasteiger partial charge on any atom is -0.374 e. The van der Waals surface area contributed by atoms with Gasteiger partial charge >= 0.3 is 0 Å². The van der Waals surface area contributed by atoms with E-state index in [0.29, 0.717) is 26.1 Å². The molecule has 1 saturated heterocycles. The third-order valence-corrected chi connectivity index (χ3v) is 2.94. The van der Waals surface area contributed by atoms with Gasteiger partial charge in [0.1, 0.15) is 6.10 Å². The molecule has 2 atom stereocenters. The van der Waals surface area contributed by atoms with Gasteiger partial charge < -0.3 is 9.47 Å². The molecular weight excluding hydrogens is 228 g/mol. The van der Waals surface area contributed by atoms with Crippen molar-refractivity contribution in [3.05, 3.63) is 48.6 Å². The van der Waals surface area contributed by atoms with Crippen molar-refractivity contribution in [1.82, 2.24) is 0 Å². The lowest BCUT2D eigenvalue weighted by atomic mass is 10.1. The van der Waals surface area contributed by atoms with Crippen molar-refractivity contribution in [2.75, 3.05) is 6.61 Å². The maximum Gasteiger partial charge on any atom is 0.164 e. The number of hydrogen-bond acceptors (Lipinski definition) is 3. The molecule has 0 radical (unpaired) electrons. The molecule has 1 aromatic carbocycles. The molecule has 18 heavy (non-hydrogen) atoms. The van der Waals surface area contributed by atoms with E-state index in [0.717, 1.165) is 5.56 Å². The normalized spacial score (nSPS) is 23.2.